The van der Waals surface area contributed by atoms with Gasteiger partial charge in [-0.2, -0.15) is 0 Å². The molecule has 3 aromatic carbocycles. The van der Waals surface area contributed by atoms with E-state index in [1.54, 1.807) is 13.0 Å². The van der Waals surface area contributed by atoms with Gasteiger partial charge in [0.15, 0.2) is 0 Å². The Morgan fingerprint density at radius 2 is 1.94 bits per heavy atom. The van der Waals surface area contributed by atoms with Crippen molar-refractivity contribution in [1.82, 2.24) is 10.3 Å². The van der Waals surface area contributed by atoms with Gasteiger partial charge in [-0.15, -0.1) is 11.3 Å². The number of nitrogens with zero attached hydrogens (tertiary/aromatic N) is 1. The molecular formula is C24H21ClN2O4S. The van der Waals surface area contributed by atoms with Gasteiger partial charge in [-0.05, 0) is 36.9 Å². The molecule has 0 saturated heterocycles. The van der Waals surface area contributed by atoms with Crippen molar-refractivity contribution >= 4 is 55.8 Å². The number of carbonyl (C=O) groups is 2. The summed E-state index contributed by atoms with van der Waals surface area (Å²) in [4.78, 5) is 29.3. The van der Waals surface area contributed by atoms with Crippen LogP contribution in [-0.4, -0.2) is 27.5 Å². The van der Waals surface area contributed by atoms with Gasteiger partial charge in [0.2, 0.25) is 0 Å². The fourth-order valence-electron chi connectivity index (χ4n) is 3.35. The zero-order valence-electron chi connectivity index (χ0n) is 17.5. The molecule has 2 N–H and O–H groups in total. The number of halogens is 1. The predicted octanol–water partition coefficient (Wildman–Crippen LogP) is 5.67. The summed E-state index contributed by atoms with van der Waals surface area (Å²) in [5, 5.41) is 15.2. The minimum atomic E-state index is -1.39. The summed E-state index contributed by atoms with van der Waals surface area (Å²) in [7, 11) is 0. The van der Waals surface area contributed by atoms with E-state index in [0.717, 1.165) is 26.0 Å². The Labute approximate surface area is 193 Å². The van der Waals surface area contributed by atoms with E-state index in [1.807, 2.05) is 48.5 Å². The number of aliphatic carboxylic acids is 1. The lowest BCUT2D eigenvalue weighted by atomic mass is 9.97. The number of rotatable bonds is 7. The van der Waals surface area contributed by atoms with Crippen molar-refractivity contribution in [2.24, 2.45) is 0 Å². The number of carboxylic acids is 1. The van der Waals surface area contributed by atoms with Gasteiger partial charge in [-0.1, -0.05) is 54.9 Å². The van der Waals surface area contributed by atoms with Crippen molar-refractivity contribution in [1.29, 1.82) is 0 Å². The van der Waals surface area contributed by atoms with Gasteiger partial charge in [0.05, 0.1) is 20.8 Å². The van der Waals surface area contributed by atoms with Crippen LogP contribution in [-0.2, 0) is 11.4 Å². The van der Waals surface area contributed by atoms with Crippen LogP contribution in [0, 0.1) is 0 Å². The van der Waals surface area contributed by atoms with E-state index in [1.165, 1.54) is 18.3 Å². The first-order valence-electron chi connectivity index (χ1n) is 10.1. The topological polar surface area (TPSA) is 88.5 Å². The van der Waals surface area contributed by atoms with Crippen molar-refractivity contribution in [3.05, 3.63) is 70.2 Å². The Hall–Kier alpha value is -3.16. The van der Waals surface area contributed by atoms with Gasteiger partial charge in [-0.25, -0.2) is 9.78 Å². The van der Waals surface area contributed by atoms with E-state index in [9.17, 15) is 14.7 Å². The molecule has 1 unspecified atom stereocenters. The second-order valence-corrected chi connectivity index (χ2v) is 9.08. The fourth-order valence-corrected chi connectivity index (χ4v) is 4.51. The number of carbonyl (C=O) groups excluding carboxylic acids is 1. The SMILES string of the molecule is CCC(C)(NC(=O)c1ccc2ccccc2c1OCc1nc2cccc(Cl)c2s1)C(=O)O. The molecule has 8 heteroatoms. The molecule has 0 aliphatic heterocycles. The number of hydrogen-bond acceptors (Lipinski definition) is 5. The number of carboxylic acid groups (broad SMARTS) is 1. The normalized spacial score (nSPS) is 13.1. The molecular weight excluding hydrogens is 448 g/mol. The maximum atomic E-state index is 13.1. The smallest absolute Gasteiger partial charge is 0.329 e. The third kappa shape index (κ3) is 4.13. The first-order chi connectivity index (χ1) is 15.3. The zero-order valence-corrected chi connectivity index (χ0v) is 19.1. The number of benzene rings is 3. The predicted molar refractivity (Wildman–Crippen MR) is 127 cm³/mol. The molecule has 0 fully saturated rings. The summed E-state index contributed by atoms with van der Waals surface area (Å²) in [6.45, 7) is 3.35. The number of nitrogens with one attached hydrogen (secondary N) is 1. The summed E-state index contributed by atoms with van der Waals surface area (Å²) in [6, 6.07) is 16.6. The highest BCUT2D eigenvalue weighted by molar-refractivity contribution is 7.19. The number of thiazole rings is 1. The highest BCUT2D eigenvalue weighted by Gasteiger charge is 2.34. The molecule has 1 amide bonds. The van der Waals surface area contributed by atoms with Gasteiger partial charge in [0.25, 0.3) is 5.91 Å². The second kappa shape index (κ2) is 8.76. The minimum absolute atomic E-state index is 0.147. The van der Waals surface area contributed by atoms with Crippen LogP contribution < -0.4 is 10.1 Å². The highest BCUT2D eigenvalue weighted by Crippen LogP contribution is 2.33. The zero-order chi connectivity index (χ0) is 22.9. The van der Waals surface area contributed by atoms with Gasteiger partial charge in [-0.3, -0.25) is 4.79 Å². The van der Waals surface area contributed by atoms with E-state index >= 15 is 0 Å². The summed E-state index contributed by atoms with van der Waals surface area (Å²) in [5.74, 6) is -1.22. The van der Waals surface area contributed by atoms with Crippen LogP contribution in [0.15, 0.2) is 54.6 Å². The van der Waals surface area contributed by atoms with Crippen LogP contribution in [0.5, 0.6) is 5.75 Å². The Balaban J connectivity index is 1.70. The molecule has 4 aromatic rings. The number of fused-ring (bicyclic) bond motifs is 2. The molecule has 6 nitrogen and oxygen atoms in total. The summed E-state index contributed by atoms with van der Waals surface area (Å²) < 4.78 is 7.01. The third-order valence-corrected chi connectivity index (χ3v) is 6.95. The van der Waals surface area contributed by atoms with E-state index in [2.05, 4.69) is 10.3 Å². The molecule has 0 spiro atoms. The monoisotopic (exact) mass is 468 g/mol. The molecule has 32 heavy (non-hydrogen) atoms. The average Bonchev–Trinajstić information content (AvgIpc) is 3.21. The average molecular weight is 469 g/mol. The molecule has 164 valence electrons. The second-order valence-electron chi connectivity index (χ2n) is 7.59. The molecule has 0 bridgehead atoms. The van der Waals surface area contributed by atoms with Gasteiger partial charge >= 0.3 is 5.97 Å². The first kappa shape index (κ1) is 22.0. The molecule has 0 aliphatic carbocycles. The van der Waals surface area contributed by atoms with Crippen molar-refractivity contribution in [3.8, 4) is 5.75 Å². The molecule has 0 saturated carbocycles. The van der Waals surface area contributed by atoms with Crippen LogP contribution >= 0.6 is 22.9 Å². The lowest BCUT2D eigenvalue weighted by molar-refractivity contribution is -0.143. The summed E-state index contributed by atoms with van der Waals surface area (Å²) in [6.07, 6.45) is 0.240. The number of aromatic nitrogens is 1. The number of hydrogen-bond donors (Lipinski definition) is 2. The maximum Gasteiger partial charge on any atom is 0.329 e. The molecule has 1 heterocycles. The number of ether oxygens (including phenoxy) is 1. The standard InChI is InChI=1S/C24H21ClN2O4S/c1-3-24(2,23(29)30)27-22(28)16-12-11-14-7-4-5-8-15(14)20(16)31-13-19-26-18-10-6-9-17(25)21(18)32-19/h4-12H,3,13H2,1-2H3,(H,27,28)(H,29,30). The Kier molecular flexibility index (Phi) is 6.04. The van der Waals surface area contributed by atoms with Crippen LogP contribution in [0.1, 0.15) is 35.6 Å². The number of amides is 1. The van der Waals surface area contributed by atoms with E-state index < -0.39 is 17.4 Å². The lowest BCUT2D eigenvalue weighted by Crippen LogP contribution is -2.51. The Bertz CT molecular complexity index is 1340. The van der Waals surface area contributed by atoms with Gasteiger partial charge < -0.3 is 15.2 Å². The lowest BCUT2D eigenvalue weighted by Gasteiger charge is -2.25. The van der Waals surface area contributed by atoms with Crippen LogP contribution in [0.2, 0.25) is 5.02 Å². The summed E-state index contributed by atoms with van der Waals surface area (Å²) in [5.41, 5.74) is -0.329. The molecule has 1 aromatic heterocycles. The van der Waals surface area contributed by atoms with E-state index in [-0.39, 0.29) is 18.6 Å². The summed E-state index contributed by atoms with van der Waals surface area (Å²) >= 11 is 7.70. The Morgan fingerprint density at radius 3 is 2.66 bits per heavy atom. The van der Waals surface area contributed by atoms with Crippen molar-refractivity contribution in [2.45, 2.75) is 32.4 Å². The van der Waals surface area contributed by atoms with Crippen LogP contribution in [0.4, 0.5) is 0 Å². The van der Waals surface area contributed by atoms with Gasteiger partial charge in [0, 0.05) is 5.39 Å². The van der Waals surface area contributed by atoms with Gasteiger partial charge in [0.1, 0.15) is 22.9 Å². The fraction of sp³-hybridized carbons (Fsp3) is 0.208. The highest BCUT2D eigenvalue weighted by atomic mass is 35.5. The van der Waals surface area contributed by atoms with Crippen molar-refractivity contribution in [3.63, 3.8) is 0 Å². The molecule has 0 radical (unpaired) electrons. The Morgan fingerprint density at radius 1 is 1.16 bits per heavy atom. The van der Waals surface area contributed by atoms with Crippen LogP contribution in [0.25, 0.3) is 21.0 Å². The quantitative estimate of drug-likeness (QED) is 0.365. The van der Waals surface area contributed by atoms with Crippen LogP contribution in [0.3, 0.4) is 0 Å². The van der Waals surface area contributed by atoms with E-state index in [4.69, 9.17) is 16.3 Å². The van der Waals surface area contributed by atoms with Crippen molar-refractivity contribution in [2.75, 3.05) is 0 Å². The molecule has 0 aliphatic rings. The van der Waals surface area contributed by atoms with E-state index in [0.29, 0.717) is 10.8 Å². The minimum Gasteiger partial charge on any atom is -0.485 e. The maximum absolute atomic E-state index is 13.1. The molecule has 4 rings (SSSR count). The third-order valence-electron chi connectivity index (χ3n) is 5.44. The largest absolute Gasteiger partial charge is 0.485 e. The molecule has 1 atom stereocenters. The van der Waals surface area contributed by atoms with Crippen molar-refractivity contribution < 1.29 is 19.4 Å². The first-order valence-corrected chi connectivity index (χ1v) is 11.3.